The molecule has 0 aliphatic carbocycles. The number of aromatic nitrogens is 4. The minimum absolute atomic E-state index is 0.466. The lowest BCUT2D eigenvalue weighted by atomic mass is 9.98. The van der Waals surface area contributed by atoms with E-state index in [9.17, 15) is 0 Å². The molecular weight excluding hydrogens is 242 g/mol. The minimum Gasteiger partial charge on any atom is -0.497 e. The van der Waals surface area contributed by atoms with Gasteiger partial charge >= 0.3 is 0 Å². The van der Waals surface area contributed by atoms with Gasteiger partial charge in [-0.15, -0.1) is 0 Å². The Hall–Kier alpha value is -1.95. The zero-order chi connectivity index (χ0) is 13.1. The van der Waals surface area contributed by atoms with Crippen molar-refractivity contribution in [1.29, 1.82) is 0 Å². The van der Waals surface area contributed by atoms with Gasteiger partial charge in [-0.05, 0) is 32.0 Å². The topological polar surface area (TPSA) is 75.7 Å². The predicted molar refractivity (Wildman–Crippen MR) is 71.0 cm³/mol. The Labute approximate surface area is 111 Å². The van der Waals surface area contributed by atoms with E-state index in [-0.39, 0.29) is 0 Å². The Morgan fingerprint density at radius 3 is 2.95 bits per heavy atom. The molecule has 6 heteroatoms. The highest BCUT2D eigenvalue weighted by Gasteiger charge is 2.19. The van der Waals surface area contributed by atoms with Crippen LogP contribution in [0, 0.1) is 0 Å². The smallest absolute Gasteiger partial charge is 0.199 e. The molecule has 0 bridgehead atoms. The van der Waals surface area contributed by atoms with Gasteiger partial charge in [0.1, 0.15) is 17.3 Å². The SMILES string of the molecule is COc1ccnc(-c2n[nH]c(C3CCNCC3)n2)c1. The molecule has 1 aliphatic rings. The molecule has 3 rings (SSSR count). The Balaban J connectivity index is 1.83. The van der Waals surface area contributed by atoms with E-state index in [4.69, 9.17) is 4.74 Å². The van der Waals surface area contributed by atoms with E-state index in [1.165, 1.54) is 0 Å². The van der Waals surface area contributed by atoms with Crippen LogP contribution in [0.5, 0.6) is 5.75 Å². The number of ether oxygens (including phenoxy) is 1. The molecule has 1 aliphatic heterocycles. The number of H-pyrrole nitrogens is 1. The molecule has 0 spiro atoms. The average Bonchev–Trinajstić information content (AvgIpc) is 2.98. The number of nitrogens with one attached hydrogen (secondary N) is 2. The van der Waals surface area contributed by atoms with Crippen LogP contribution in [-0.2, 0) is 0 Å². The van der Waals surface area contributed by atoms with Crippen molar-refractivity contribution in [2.75, 3.05) is 20.2 Å². The van der Waals surface area contributed by atoms with Crippen LogP contribution in [-0.4, -0.2) is 40.4 Å². The number of piperidine rings is 1. The normalized spacial score (nSPS) is 16.5. The van der Waals surface area contributed by atoms with Gasteiger partial charge in [0.25, 0.3) is 0 Å². The molecule has 0 saturated carbocycles. The fourth-order valence-electron chi connectivity index (χ4n) is 2.33. The monoisotopic (exact) mass is 259 g/mol. The van der Waals surface area contributed by atoms with Gasteiger partial charge < -0.3 is 10.1 Å². The molecule has 0 aromatic carbocycles. The molecule has 0 atom stereocenters. The van der Waals surface area contributed by atoms with E-state index in [0.717, 1.165) is 43.2 Å². The molecule has 19 heavy (non-hydrogen) atoms. The number of pyridine rings is 1. The highest BCUT2D eigenvalue weighted by Crippen LogP contribution is 2.24. The van der Waals surface area contributed by atoms with Crippen molar-refractivity contribution < 1.29 is 4.74 Å². The van der Waals surface area contributed by atoms with E-state index in [1.54, 1.807) is 13.3 Å². The lowest BCUT2D eigenvalue weighted by Crippen LogP contribution is -2.27. The molecule has 0 amide bonds. The van der Waals surface area contributed by atoms with Crippen LogP contribution >= 0.6 is 0 Å². The maximum atomic E-state index is 5.19. The van der Waals surface area contributed by atoms with E-state index in [0.29, 0.717) is 11.7 Å². The minimum atomic E-state index is 0.466. The van der Waals surface area contributed by atoms with Crippen molar-refractivity contribution in [3.05, 3.63) is 24.2 Å². The molecule has 100 valence electrons. The van der Waals surface area contributed by atoms with Crippen LogP contribution in [0.25, 0.3) is 11.5 Å². The van der Waals surface area contributed by atoms with Crippen molar-refractivity contribution in [2.24, 2.45) is 0 Å². The van der Waals surface area contributed by atoms with Gasteiger partial charge in [0.05, 0.1) is 7.11 Å². The Bertz CT molecular complexity index is 547. The fourth-order valence-corrected chi connectivity index (χ4v) is 2.33. The summed E-state index contributed by atoms with van der Waals surface area (Å²) in [4.78, 5) is 8.85. The molecule has 0 radical (unpaired) electrons. The summed E-state index contributed by atoms with van der Waals surface area (Å²) in [6, 6.07) is 3.65. The maximum Gasteiger partial charge on any atom is 0.199 e. The van der Waals surface area contributed by atoms with Crippen molar-refractivity contribution in [1.82, 2.24) is 25.5 Å². The van der Waals surface area contributed by atoms with Crippen molar-refractivity contribution in [3.63, 3.8) is 0 Å². The first-order valence-corrected chi connectivity index (χ1v) is 6.50. The first kappa shape index (κ1) is 12.1. The molecule has 6 nitrogen and oxygen atoms in total. The molecule has 2 aromatic heterocycles. The summed E-state index contributed by atoms with van der Waals surface area (Å²) in [5.74, 6) is 2.82. The largest absolute Gasteiger partial charge is 0.497 e. The van der Waals surface area contributed by atoms with E-state index < -0.39 is 0 Å². The van der Waals surface area contributed by atoms with Gasteiger partial charge in [0, 0.05) is 18.2 Å². The zero-order valence-electron chi connectivity index (χ0n) is 10.9. The number of hydrogen-bond donors (Lipinski definition) is 2. The molecule has 0 unspecified atom stereocenters. The number of rotatable bonds is 3. The highest BCUT2D eigenvalue weighted by molar-refractivity contribution is 5.51. The summed E-state index contributed by atoms with van der Waals surface area (Å²) < 4.78 is 5.19. The van der Waals surface area contributed by atoms with Gasteiger partial charge in [-0.3, -0.25) is 10.1 Å². The summed E-state index contributed by atoms with van der Waals surface area (Å²) in [6.45, 7) is 2.08. The second-order valence-electron chi connectivity index (χ2n) is 4.65. The predicted octanol–water partition coefficient (Wildman–Crippen LogP) is 1.34. The Morgan fingerprint density at radius 2 is 2.16 bits per heavy atom. The molecule has 1 saturated heterocycles. The molecule has 3 heterocycles. The standard InChI is InChI=1S/C13H17N5O/c1-19-10-4-7-15-11(8-10)13-16-12(17-18-13)9-2-5-14-6-3-9/h4,7-9,14H,2-3,5-6H2,1H3,(H,16,17,18). The van der Waals surface area contributed by atoms with Crippen molar-refractivity contribution in [2.45, 2.75) is 18.8 Å². The number of aromatic amines is 1. The van der Waals surface area contributed by atoms with Crippen LogP contribution in [0.1, 0.15) is 24.6 Å². The summed E-state index contributed by atoms with van der Waals surface area (Å²) in [5.41, 5.74) is 0.732. The van der Waals surface area contributed by atoms with E-state index in [2.05, 4.69) is 25.5 Å². The van der Waals surface area contributed by atoms with Gasteiger partial charge in [-0.1, -0.05) is 0 Å². The number of nitrogens with zero attached hydrogens (tertiary/aromatic N) is 3. The van der Waals surface area contributed by atoms with Gasteiger partial charge in [-0.2, -0.15) is 5.10 Å². The number of methoxy groups -OCH3 is 1. The van der Waals surface area contributed by atoms with E-state index >= 15 is 0 Å². The quantitative estimate of drug-likeness (QED) is 0.870. The highest BCUT2D eigenvalue weighted by atomic mass is 16.5. The van der Waals surface area contributed by atoms with Crippen LogP contribution in [0.15, 0.2) is 18.3 Å². The lowest BCUT2D eigenvalue weighted by Gasteiger charge is -2.19. The Kier molecular flexibility index (Phi) is 3.41. The van der Waals surface area contributed by atoms with Crippen molar-refractivity contribution in [3.8, 4) is 17.3 Å². The number of hydrogen-bond acceptors (Lipinski definition) is 5. The van der Waals surface area contributed by atoms with Crippen LogP contribution in [0.2, 0.25) is 0 Å². The zero-order valence-corrected chi connectivity index (χ0v) is 10.9. The van der Waals surface area contributed by atoms with Gasteiger partial charge in [-0.25, -0.2) is 4.98 Å². The Morgan fingerprint density at radius 1 is 1.32 bits per heavy atom. The second-order valence-corrected chi connectivity index (χ2v) is 4.65. The average molecular weight is 259 g/mol. The molecular formula is C13H17N5O. The first-order valence-electron chi connectivity index (χ1n) is 6.50. The lowest BCUT2D eigenvalue weighted by molar-refractivity contribution is 0.414. The van der Waals surface area contributed by atoms with Crippen LogP contribution in [0.4, 0.5) is 0 Å². The maximum absolute atomic E-state index is 5.19. The van der Waals surface area contributed by atoms with Crippen molar-refractivity contribution >= 4 is 0 Å². The third-order valence-electron chi connectivity index (χ3n) is 3.42. The third-order valence-corrected chi connectivity index (χ3v) is 3.42. The third kappa shape index (κ3) is 2.58. The summed E-state index contributed by atoms with van der Waals surface area (Å²) in [6.07, 6.45) is 3.90. The summed E-state index contributed by atoms with van der Waals surface area (Å²) >= 11 is 0. The molecule has 1 fully saturated rings. The summed E-state index contributed by atoms with van der Waals surface area (Å²) in [5, 5.41) is 10.7. The van der Waals surface area contributed by atoms with Gasteiger partial charge in [0.15, 0.2) is 5.82 Å². The molecule has 2 N–H and O–H groups in total. The van der Waals surface area contributed by atoms with Gasteiger partial charge in [0.2, 0.25) is 0 Å². The van der Waals surface area contributed by atoms with Crippen LogP contribution in [0.3, 0.4) is 0 Å². The second kappa shape index (κ2) is 5.36. The van der Waals surface area contributed by atoms with E-state index in [1.807, 2.05) is 12.1 Å². The molecule has 2 aromatic rings. The fraction of sp³-hybridized carbons (Fsp3) is 0.462. The van der Waals surface area contributed by atoms with Crippen LogP contribution < -0.4 is 10.1 Å². The first-order chi connectivity index (χ1) is 9.36. The summed E-state index contributed by atoms with van der Waals surface area (Å²) in [7, 11) is 1.64.